The molecule has 0 saturated carbocycles. The summed E-state index contributed by atoms with van der Waals surface area (Å²) < 4.78 is 31.3. The maximum Gasteiger partial charge on any atom is 0.152 e. The normalized spacial score (nSPS) is 18.9. The molecule has 0 bridgehead atoms. The number of aromatic nitrogens is 2. The smallest absolute Gasteiger partial charge is 0.152 e. The number of para-hydroxylation sites is 1. The lowest BCUT2D eigenvalue weighted by Crippen LogP contribution is -2.19. The minimum Gasteiger partial charge on any atom is -0.494 e. The van der Waals surface area contributed by atoms with Gasteiger partial charge in [-0.3, -0.25) is 9.58 Å². The first-order valence-electron chi connectivity index (χ1n) is 9.45. The molecule has 6 nitrogen and oxygen atoms in total. The van der Waals surface area contributed by atoms with Crippen molar-refractivity contribution < 1.29 is 13.2 Å². The number of sulfone groups is 1. The Morgan fingerprint density at radius 1 is 1.26 bits per heavy atom. The summed E-state index contributed by atoms with van der Waals surface area (Å²) in [6.45, 7) is 8.23. The number of hydrogen-bond donors (Lipinski definition) is 0. The second-order valence-electron chi connectivity index (χ2n) is 7.36. The Labute approximate surface area is 162 Å². The van der Waals surface area contributed by atoms with Crippen LogP contribution in [0, 0.1) is 13.8 Å². The van der Waals surface area contributed by atoms with Crippen LogP contribution in [0.15, 0.2) is 24.3 Å². The van der Waals surface area contributed by atoms with Crippen molar-refractivity contribution in [3.05, 3.63) is 46.8 Å². The van der Waals surface area contributed by atoms with Crippen LogP contribution in [-0.4, -0.2) is 48.3 Å². The number of benzene rings is 1. The third-order valence-corrected chi connectivity index (χ3v) is 6.92. The van der Waals surface area contributed by atoms with Gasteiger partial charge >= 0.3 is 0 Å². The molecule has 1 aliphatic heterocycles. The second kappa shape index (κ2) is 8.02. The molecule has 2 aromatic rings. The molecule has 0 radical (unpaired) electrons. The van der Waals surface area contributed by atoms with E-state index in [1.54, 1.807) is 0 Å². The van der Waals surface area contributed by atoms with Crippen LogP contribution in [0.1, 0.15) is 41.9 Å². The molecule has 7 heteroatoms. The van der Waals surface area contributed by atoms with E-state index in [9.17, 15) is 8.42 Å². The minimum atomic E-state index is -2.92. The standard InChI is InChI=1S/C20H29N3O3S/c1-5-26-20-9-7-6-8-17(20)12-22(4)13-19-15(2)21-23(16(19)3)18-10-11-27(24,25)14-18/h6-9,18H,5,10-14H2,1-4H3/t18-/m0/s1. The van der Waals surface area contributed by atoms with E-state index in [1.807, 2.05) is 43.7 Å². The van der Waals surface area contributed by atoms with Gasteiger partial charge in [-0.15, -0.1) is 0 Å². The van der Waals surface area contributed by atoms with Crippen molar-refractivity contribution in [3.63, 3.8) is 0 Å². The van der Waals surface area contributed by atoms with E-state index in [0.29, 0.717) is 13.0 Å². The Bertz CT molecular complexity index is 905. The SMILES string of the molecule is CCOc1ccccc1CN(C)Cc1c(C)nn([C@H]2CCS(=O)(=O)C2)c1C. The van der Waals surface area contributed by atoms with Gasteiger partial charge in [0, 0.05) is 29.9 Å². The molecule has 1 aromatic carbocycles. The van der Waals surface area contributed by atoms with Gasteiger partial charge in [-0.05, 0) is 40.3 Å². The maximum atomic E-state index is 11.8. The van der Waals surface area contributed by atoms with Crippen molar-refractivity contribution >= 4 is 9.84 Å². The first-order valence-corrected chi connectivity index (χ1v) is 11.3. The molecule has 0 N–H and O–H groups in total. The van der Waals surface area contributed by atoms with E-state index >= 15 is 0 Å². The molecule has 1 aromatic heterocycles. The lowest BCUT2D eigenvalue weighted by molar-refractivity contribution is 0.297. The van der Waals surface area contributed by atoms with Crippen LogP contribution in [0.3, 0.4) is 0 Å². The zero-order valence-electron chi connectivity index (χ0n) is 16.6. The number of rotatable bonds is 7. The summed E-state index contributed by atoms with van der Waals surface area (Å²) in [5.41, 5.74) is 4.38. The first-order chi connectivity index (χ1) is 12.8. The molecule has 0 aliphatic carbocycles. The molecular formula is C20H29N3O3S. The highest BCUT2D eigenvalue weighted by Crippen LogP contribution is 2.28. The van der Waals surface area contributed by atoms with Gasteiger partial charge in [0.2, 0.25) is 0 Å². The Morgan fingerprint density at radius 2 is 2.00 bits per heavy atom. The van der Waals surface area contributed by atoms with E-state index in [4.69, 9.17) is 4.74 Å². The van der Waals surface area contributed by atoms with E-state index in [0.717, 1.165) is 35.8 Å². The Morgan fingerprint density at radius 3 is 2.67 bits per heavy atom. The minimum absolute atomic E-state index is 0.0357. The quantitative estimate of drug-likeness (QED) is 0.726. The summed E-state index contributed by atoms with van der Waals surface area (Å²) in [5.74, 6) is 1.39. The molecule has 1 aliphatic rings. The monoisotopic (exact) mass is 391 g/mol. The van der Waals surface area contributed by atoms with Crippen LogP contribution in [0.2, 0.25) is 0 Å². The highest BCUT2D eigenvalue weighted by molar-refractivity contribution is 7.91. The summed E-state index contributed by atoms with van der Waals surface area (Å²) in [6, 6.07) is 8.07. The summed E-state index contributed by atoms with van der Waals surface area (Å²) in [4.78, 5) is 2.24. The molecule has 1 atom stereocenters. The van der Waals surface area contributed by atoms with Gasteiger partial charge in [-0.25, -0.2) is 8.42 Å². The highest BCUT2D eigenvalue weighted by atomic mass is 32.2. The molecule has 148 valence electrons. The van der Waals surface area contributed by atoms with Crippen LogP contribution in [0.25, 0.3) is 0 Å². The molecule has 1 fully saturated rings. The highest BCUT2D eigenvalue weighted by Gasteiger charge is 2.31. The van der Waals surface area contributed by atoms with Crippen molar-refractivity contribution in [1.82, 2.24) is 14.7 Å². The van der Waals surface area contributed by atoms with Crippen molar-refractivity contribution in [1.29, 1.82) is 0 Å². The molecule has 3 rings (SSSR count). The van der Waals surface area contributed by atoms with Gasteiger partial charge in [0.25, 0.3) is 0 Å². The predicted octanol–water partition coefficient (Wildman–Crippen LogP) is 2.89. The van der Waals surface area contributed by atoms with E-state index in [1.165, 1.54) is 5.56 Å². The van der Waals surface area contributed by atoms with Gasteiger partial charge in [0.05, 0.1) is 29.8 Å². The first kappa shape index (κ1) is 19.9. The van der Waals surface area contributed by atoms with Gasteiger partial charge < -0.3 is 4.74 Å². The van der Waals surface area contributed by atoms with Crippen molar-refractivity contribution in [2.24, 2.45) is 0 Å². The molecule has 1 saturated heterocycles. The van der Waals surface area contributed by atoms with E-state index < -0.39 is 9.84 Å². The topological polar surface area (TPSA) is 64.4 Å². The summed E-state index contributed by atoms with van der Waals surface area (Å²) in [7, 11) is -0.841. The van der Waals surface area contributed by atoms with Crippen LogP contribution >= 0.6 is 0 Å². The zero-order chi connectivity index (χ0) is 19.6. The van der Waals surface area contributed by atoms with Crippen LogP contribution in [-0.2, 0) is 22.9 Å². The summed E-state index contributed by atoms with van der Waals surface area (Å²) in [5, 5.41) is 4.67. The second-order valence-corrected chi connectivity index (χ2v) is 9.59. The van der Waals surface area contributed by atoms with Gasteiger partial charge in [0.15, 0.2) is 9.84 Å². The summed E-state index contributed by atoms with van der Waals surface area (Å²) in [6.07, 6.45) is 0.654. The molecule has 0 spiro atoms. The van der Waals surface area contributed by atoms with Crippen molar-refractivity contribution in [2.75, 3.05) is 25.2 Å². The lowest BCUT2D eigenvalue weighted by Gasteiger charge is -2.19. The van der Waals surface area contributed by atoms with Crippen LogP contribution in [0.5, 0.6) is 5.75 Å². The van der Waals surface area contributed by atoms with Gasteiger partial charge in [-0.2, -0.15) is 5.10 Å². The van der Waals surface area contributed by atoms with Crippen molar-refractivity contribution in [2.45, 2.75) is 46.3 Å². The largest absolute Gasteiger partial charge is 0.494 e. The fourth-order valence-electron chi connectivity index (χ4n) is 3.80. The third-order valence-electron chi connectivity index (χ3n) is 5.17. The van der Waals surface area contributed by atoms with Crippen LogP contribution in [0.4, 0.5) is 0 Å². The Kier molecular flexibility index (Phi) is 5.91. The fraction of sp³-hybridized carbons (Fsp3) is 0.550. The average Bonchev–Trinajstić information content (AvgIpc) is 3.10. The molecule has 0 amide bonds. The average molecular weight is 392 g/mol. The number of ether oxygens (including phenoxy) is 1. The maximum absolute atomic E-state index is 11.8. The van der Waals surface area contributed by atoms with Gasteiger partial charge in [-0.1, -0.05) is 18.2 Å². The van der Waals surface area contributed by atoms with Crippen LogP contribution < -0.4 is 4.74 Å². The number of aryl methyl sites for hydroxylation is 1. The predicted molar refractivity (Wildman–Crippen MR) is 107 cm³/mol. The van der Waals surface area contributed by atoms with E-state index in [2.05, 4.69) is 23.1 Å². The lowest BCUT2D eigenvalue weighted by atomic mass is 10.1. The third kappa shape index (κ3) is 4.52. The Balaban J connectivity index is 1.74. The fourth-order valence-corrected chi connectivity index (χ4v) is 5.49. The van der Waals surface area contributed by atoms with Gasteiger partial charge in [0.1, 0.15) is 5.75 Å². The Hall–Kier alpha value is -1.86. The molecular weight excluding hydrogens is 362 g/mol. The summed E-state index contributed by atoms with van der Waals surface area (Å²) >= 11 is 0. The van der Waals surface area contributed by atoms with E-state index in [-0.39, 0.29) is 17.5 Å². The molecule has 2 heterocycles. The molecule has 0 unspecified atom stereocenters. The zero-order valence-corrected chi connectivity index (χ0v) is 17.4. The van der Waals surface area contributed by atoms with Crippen molar-refractivity contribution in [3.8, 4) is 5.75 Å². The number of hydrogen-bond acceptors (Lipinski definition) is 5. The molecule has 27 heavy (non-hydrogen) atoms. The number of nitrogens with zero attached hydrogens (tertiary/aromatic N) is 3.